The predicted molar refractivity (Wildman–Crippen MR) is 28.6 cm³/mol. The normalized spacial score (nSPS) is 45.0. The third kappa shape index (κ3) is 1.62. The van der Waals surface area contributed by atoms with E-state index < -0.39 is 18.5 Å². The summed E-state index contributed by atoms with van der Waals surface area (Å²) in [6.45, 7) is 0.0162. The van der Waals surface area contributed by atoms with Gasteiger partial charge in [-0.2, -0.15) is 0 Å². The van der Waals surface area contributed by atoms with Crippen LogP contribution in [0.3, 0.4) is 0 Å². The minimum atomic E-state index is -0.914. The number of rotatable bonds is 0. The van der Waals surface area contributed by atoms with Gasteiger partial charge in [-0.3, -0.25) is 0 Å². The van der Waals surface area contributed by atoms with E-state index in [4.69, 9.17) is 15.3 Å². The Morgan fingerprint density at radius 3 is 2.22 bits per heavy atom. The molecule has 0 aromatic carbocycles. The number of aliphatic hydroxyl groups is 3. The van der Waals surface area contributed by atoms with E-state index in [1.165, 1.54) is 0 Å². The van der Waals surface area contributed by atoms with Crippen LogP contribution in [0.15, 0.2) is 0 Å². The molecule has 0 aromatic heterocycles. The second-order valence-electron chi connectivity index (χ2n) is 2.16. The molecule has 0 bridgehead atoms. The van der Waals surface area contributed by atoms with E-state index in [1.54, 1.807) is 0 Å². The number of hydrogen-bond donors (Lipinski definition) is 3. The summed E-state index contributed by atoms with van der Waals surface area (Å²) in [4.78, 5) is 0. The number of ether oxygens (including phenoxy) is 1. The van der Waals surface area contributed by atoms with Crippen LogP contribution in [-0.4, -0.2) is 40.4 Å². The van der Waals surface area contributed by atoms with E-state index in [9.17, 15) is 0 Å². The molecule has 3 N–H and O–H groups in total. The fourth-order valence-corrected chi connectivity index (χ4v) is 0.752. The summed E-state index contributed by atoms with van der Waals surface area (Å²) in [6.07, 6.45) is -2.49. The Labute approximate surface area is 52.7 Å². The SMILES string of the molecule is OC1C[C@H](O)[C@H](O)[13CH2]O1. The van der Waals surface area contributed by atoms with E-state index in [0.29, 0.717) is 0 Å². The van der Waals surface area contributed by atoms with Gasteiger partial charge in [0.15, 0.2) is 6.29 Å². The van der Waals surface area contributed by atoms with Crippen LogP contribution in [-0.2, 0) is 4.74 Å². The van der Waals surface area contributed by atoms with Crippen molar-refractivity contribution in [2.45, 2.75) is 24.9 Å². The zero-order valence-corrected chi connectivity index (χ0v) is 4.90. The minimum Gasteiger partial charge on any atom is -0.390 e. The lowest BCUT2D eigenvalue weighted by Crippen LogP contribution is -2.40. The third-order valence-corrected chi connectivity index (χ3v) is 1.35. The summed E-state index contributed by atoms with van der Waals surface area (Å²) in [5.74, 6) is 0. The molecule has 1 fully saturated rings. The second kappa shape index (κ2) is 2.62. The molecular weight excluding hydrogens is 125 g/mol. The van der Waals surface area contributed by atoms with Gasteiger partial charge in [0.05, 0.1) is 12.7 Å². The second-order valence-corrected chi connectivity index (χ2v) is 2.16. The Balaban J connectivity index is 2.35. The quantitative estimate of drug-likeness (QED) is 0.351. The molecule has 1 aliphatic rings. The van der Waals surface area contributed by atoms with Crippen LogP contribution in [0.4, 0.5) is 0 Å². The molecule has 1 heterocycles. The highest BCUT2D eigenvalue weighted by atomic mass is 16.7. The summed E-state index contributed by atoms with van der Waals surface area (Å²) in [6, 6.07) is 0. The average molecular weight is 135 g/mol. The first kappa shape index (κ1) is 6.95. The van der Waals surface area contributed by atoms with Crippen molar-refractivity contribution in [2.24, 2.45) is 0 Å². The van der Waals surface area contributed by atoms with Crippen LogP contribution in [0.1, 0.15) is 6.42 Å². The van der Waals surface area contributed by atoms with Gasteiger partial charge in [0.1, 0.15) is 6.10 Å². The van der Waals surface area contributed by atoms with Gasteiger partial charge in [-0.1, -0.05) is 0 Å². The van der Waals surface area contributed by atoms with Crippen LogP contribution >= 0.6 is 0 Å². The minimum absolute atomic E-state index is 0.0162. The number of hydrogen-bond acceptors (Lipinski definition) is 4. The molecule has 0 radical (unpaired) electrons. The van der Waals surface area contributed by atoms with E-state index in [0.717, 1.165) is 0 Å². The number of aliphatic hydroxyl groups excluding tert-OH is 3. The summed E-state index contributed by atoms with van der Waals surface area (Å²) >= 11 is 0. The lowest BCUT2D eigenvalue weighted by molar-refractivity contribution is -0.193. The van der Waals surface area contributed by atoms with Crippen molar-refractivity contribution in [3.8, 4) is 0 Å². The highest BCUT2D eigenvalue weighted by Gasteiger charge is 2.26. The first-order valence-corrected chi connectivity index (χ1v) is 2.86. The summed E-state index contributed by atoms with van der Waals surface area (Å²) in [5.41, 5.74) is 0. The van der Waals surface area contributed by atoms with Crippen molar-refractivity contribution in [2.75, 3.05) is 6.61 Å². The van der Waals surface area contributed by atoms with E-state index in [2.05, 4.69) is 4.74 Å². The Bertz CT molecular complexity index is 95.0. The molecule has 4 heteroatoms. The maximum atomic E-state index is 8.86. The lowest BCUT2D eigenvalue weighted by atomic mass is 10.2. The topological polar surface area (TPSA) is 69.9 Å². The van der Waals surface area contributed by atoms with Crippen LogP contribution < -0.4 is 0 Å². The monoisotopic (exact) mass is 135 g/mol. The van der Waals surface area contributed by atoms with Gasteiger partial charge in [-0.05, 0) is 0 Å². The molecule has 1 unspecified atom stereocenters. The average Bonchev–Trinajstić information content (AvgIpc) is 1.80. The van der Waals surface area contributed by atoms with Crippen LogP contribution in [0.5, 0.6) is 0 Å². The van der Waals surface area contributed by atoms with Crippen molar-refractivity contribution in [3.05, 3.63) is 0 Å². The first-order valence-electron chi connectivity index (χ1n) is 2.86. The van der Waals surface area contributed by atoms with Crippen LogP contribution in [0.25, 0.3) is 0 Å². The van der Waals surface area contributed by atoms with Gasteiger partial charge < -0.3 is 20.1 Å². The largest absolute Gasteiger partial charge is 0.390 e. The Morgan fingerprint density at radius 2 is 1.78 bits per heavy atom. The fraction of sp³-hybridized carbons (Fsp3) is 1.00. The first-order chi connectivity index (χ1) is 4.20. The molecule has 0 amide bonds. The van der Waals surface area contributed by atoms with E-state index in [-0.39, 0.29) is 13.0 Å². The van der Waals surface area contributed by atoms with Crippen molar-refractivity contribution in [1.29, 1.82) is 0 Å². The molecule has 0 aliphatic carbocycles. The molecule has 54 valence electrons. The zero-order valence-electron chi connectivity index (χ0n) is 4.90. The molecule has 0 spiro atoms. The zero-order chi connectivity index (χ0) is 6.85. The standard InChI is InChI=1S/C5H10O4/c6-3-1-5(8)9-2-4(3)7/h3-8H,1-2H2/t3-,4+,5?/m0/s1/i2+1. The van der Waals surface area contributed by atoms with E-state index in [1.807, 2.05) is 0 Å². The van der Waals surface area contributed by atoms with E-state index >= 15 is 0 Å². The maximum absolute atomic E-state index is 8.86. The Morgan fingerprint density at radius 1 is 1.11 bits per heavy atom. The molecular formula is C5H10O4. The molecule has 1 aliphatic heterocycles. The van der Waals surface area contributed by atoms with Gasteiger partial charge in [0.2, 0.25) is 0 Å². The van der Waals surface area contributed by atoms with Gasteiger partial charge in [-0.15, -0.1) is 0 Å². The lowest BCUT2D eigenvalue weighted by Gasteiger charge is -2.26. The fourth-order valence-electron chi connectivity index (χ4n) is 0.752. The molecule has 1 rings (SSSR count). The molecule has 4 nitrogen and oxygen atoms in total. The predicted octanol–water partition coefficient (Wildman–Crippen LogP) is -1.55. The smallest absolute Gasteiger partial charge is 0.157 e. The van der Waals surface area contributed by atoms with Crippen molar-refractivity contribution in [1.82, 2.24) is 0 Å². The highest BCUT2D eigenvalue weighted by Crippen LogP contribution is 2.11. The molecule has 9 heavy (non-hydrogen) atoms. The molecule has 0 saturated carbocycles. The third-order valence-electron chi connectivity index (χ3n) is 1.35. The van der Waals surface area contributed by atoms with Gasteiger partial charge >= 0.3 is 0 Å². The van der Waals surface area contributed by atoms with Crippen molar-refractivity contribution < 1.29 is 20.1 Å². The molecule has 0 aromatic rings. The Hall–Kier alpha value is -0.160. The van der Waals surface area contributed by atoms with Gasteiger partial charge in [-0.25, -0.2) is 0 Å². The molecule has 1 saturated heterocycles. The summed E-state index contributed by atoms with van der Waals surface area (Å²) in [5, 5.41) is 26.4. The van der Waals surface area contributed by atoms with Gasteiger partial charge in [0.25, 0.3) is 0 Å². The summed E-state index contributed by atoms with van der Waals surface area (Å²) < 4.78 is 4.61. The molecule has 3 atom stereocenters. The maximum Gasteiger partial charge on any atom is 0.157 e. The van der Waals surface area contributed by atoms with Crippen molar-refractivity contribution in [3.63, 3.8) is 0 Å². The van der Waals surface area contributed by atoms with Crippen molar-refractivity contribution >= 4 is 0 Å². The summed E-state index contributed by atoms with van der Waals surface area (Å²) in [7, 11) is 0. The van der Waals surface area contributed by atoms with Gasteiger partial charge in [0, 0.05) is 6.42 Å². The van der Waals surface area contributed by atoms with Crippen LogP contribution in [0, 0.1) is 0 Å². The Kier molecular flexibility index (Phi) is 2.02. The van der Waals surface area contributed by atoms with Crippen LogP contribution in [0.2, 0.25) is 0 Å². The highest BCUT2D eigenvalue weighted by molar-refractivity contribution is 4.72.